The molecule has 126 valence electrons. The molecular weight excluding hydrogens is 332 g/mol. The minimum absolute atomic E-state index is 0.0472. The van der Waals surface area contributed by atoms with Gasteiger partial charge < -0.3 is 15.2 Å². The number of nitrogens with one attached hydrogen (secondary N) is 1. The highest BCUT2D eigenvalue weighted by Gasteiger charge is 2.23. The SMILES string of the molecule is Cc1cc2c(cc1S(=O)(=O)Nc1ccccc1C(N)=O)OCCO2. The molecule has 0 bridgehead atoms. The van der Waals surface area contributed by atoms with Crippen molar-refractivity contribution in [3.05, 3.63) is 47.5 Å². The molecule has 0 saturated carbocycles. The predicted molar refractivity (Wildman–Crippen MR) is 87.9 cm³/mol. The number of primary amides is 1. The Labute approximate surface area is 139 Å². The third kappa shape index (κ3) is 3.00. The molecule has 1 heterocycles. The van der Waals surface area contributed by atoms with E-state index in [1.165, 1.54) is 18.2 Å². The fourth-order valence-electron chi connectivity index (χ4n) is 2.45. The monoisotopic (exact) mass is 348 g/mol. The summed E-state index contributed by atoms with van der Waals surface area (Å²) in [5.74, 6) is 0.165. The molecule has 0 unspecified atom stereocenters. The van der Waals surface area contributed by atoms with Crippen molar-refractivity contribution in [1.82, 2.24) is 0 Å². The van der Waals surface area contributed by atoms with Crippen molar-refractivity contribution in [1.29, 1.82) is 0 Å². The van der Waals surface area contributed by atoms with Crippen molar-refractivity contribution in [2.24, 2.45) is 5.73 Å². The molecule has 7 nitrogen and oxygen atoms in total. The fourth-order valence-corrected chi connectivity index (χ4v) is 3.77. The number of hydrogen-bond acceptors (Lipinski definition) is 5. The van der Waals surface area contributed by atoms with Gasteiger partial charge in [-0.3, -0.25) is 9.52 Å². The average Bonchev–Trinajstić information content (AvgIpc) is 2.54. The van der Waals surface area contributed by atoms with Crippen LogP contribution >= 0.6 is 0 Å². The second-order valence-corrected chi connectivity index (χ2v) is 6.93. The van der Waals surface area contributed by atoms with Crippen LogP contribution < -0.4 is 19.9 Å². The lowest BCUT2D eigenvalue weighted by Crippen LogP contribution is -2.20. The van der Waals surface area contributed by atoms with Gasteiger partial charge >= 0.3 is 0 Å². The van der Waals surface area contributed by atoms with Crippen molar-refractivity contribution in [3.63, 3.8) is 0 Å². The van der Waals surface area contributed by atoms with E-state index in [0.717, 1.165) is 0 Å². The van der Waals surface area contributed by atoms with Gasteiger partial charge in [0.2, 0.25) is 0 Å². The maximum absolute atomic E-state index is 12.7. The van der Waals surface area contributed by atoms with Crippen LogP contribution in [-0.2, 0) is 10.0 Å². The minimum Gasteiger partial charge on any atom is -0.486 e. The molecule has 3 N–H and O–H groups in total. The van der Waals surface area contributed by atoms with Crippen LogP contribution in [0.25, 0.3) is 0 Å². The lowest BCUT2D eigenvalue weighted by atomic mass is 10.2. The maximum Gasteiger partial charge on any atom is 0.262 e. The summed E-state index contributed by atoms with van der Waals surface area (Å²) in [4.78, 5) is 11.5. The van der Waals surface area contributed by atoms with Crippen LogP contribution in [0, 0.1) is 6.92 Å². The minimum atomic E-state index is -3.93. The number of benzene rings is 2. The van der Waals surface area contributed by atoms with Crippen molar-refractivity contribution < 1.29 is 22.7 Å². The molecule has 2 aromatic carbocycles. The van der Waals surface area contributed by atoms with Crippen LogP contribution in [0.4, 0.5) is 5.69 Å². The van der Waals surface area contributed by atoms with Crippen LogP contribution in [0.15, 0.2) is 41.3 Å². The molecule has 0 spiro atoms. The third-order valence-electron chi connectivity index (χ3n) is 3.57. The van der Waals surface area contributed by atoms with E-state index in [9.17, 15) is 13.2 Å². The highest BCUT2D eigenvalue weighted by Crippen LogP contribution is 2.35. The summed E-state index contributed by atoms with van der Waals surface area (Å²) in [5, 5.41) is 0. The first-order valence-corrected chi connectivity index (χ1v) is 8.69. The number of carbonyl (C=O) groups is 1. The summed E-state index contributed by atoms with van der Waals surface area (Å²) in [5.41, 5.74) is 6.00. The number of aryl methyl sites for hydroxylation is 1. The van der Waals surface area contributed by atoms with E-state index in [0.29, 0.717) is 30.3 Å². The van der Waals surface area contributed by atoms with Gasteiger partial charge in [0.1, 0.15) is 13.2 Å². The Balaban J connectivity index is 2.02. The summed E-state index contributed by atoms with van der Waals surface area (Å²) < 4.78 is 38.7. The number of rotatable bonds is 4. The smallest absolute Gasteiger partial charge is 0.262 e. The Hall–Kier alpha value is -2.74. The molecule has 0 aliphatic carbocycles. The lowest BCUT2D eigenvalue weighted by molar-refractivity contribution is 0.100. The van der Waals surface area contributed by atoms with Crippen LogP contribution in [0.3, 0.4) is 0 Å². The maximum atomic E-state index is 12.7. The molecular formula is C16H16N2O5S. The van der Waals surface area contributed by atoms with E-state index in [4.69, 9.17) is 15.2 Å². The first-order chi connectivity index (χ1) is 11.4. The number of ether oxygens (including phenoxy) is 2. The predicted octanol–water partition coefficient (Wildman–Crippen LogP) is 1.67. The van der Waals surface area contributed by atoms with Crippen molar-refractivity contribution in [2.45, 2.75) is 11.8 Å². The Morgan fingerprint density at radius 2 is 1.75 bits per heavy atom. The Morgan fingerprint density at radius 3 is 2.42 bits per heavy atom. The molecule has 0 saturated heterocycles. The molecule has 3 rings (SSSR count). The van der Waals surface area contributed by atoms with Gasteiger partial charge in [-0.05, 0) is 30.7 Å². The summed E-state index contributed by atoms with van der Waals surface area (Å²) in [6.07, 6.45) is 0. The number of fused-ring (bicyclic) bond motifs is 1. The highest BCUT2D eigenvalue weighted by atomic mass is 32.2. The molecule has 0 aromatic heterocycles. The Morgan fingerprint density at radius 1 is 1.12 bits per heavy atom. The van der Waals surface area contributed by atoms with Gasteiger partial charge in [-0.15, -0.1) is 0 Å². The van der Waals surface area contributed by atoms with Crippen molar-refractivity contribution in [2.75, 3.05) is 17.9 Å². The third-order valence-corrected chi connectivity index (χ3v) is 5.07. The normalized spacial score (nSPS) is 13.4. The van der Waals surface area contributed by atoms with E-state index in [1.54, 1.807) is 25.1 Å². The van der Waals surface area contributed by atoms with Gasteiger partial charge in [-0.2, -0.15) is 0 Å². The zero-order chi connectivity index (χ0) is 17.3. The Bertz CT molecular complexity index is 909. The molecule has 0 atom stereocenters. The average molecular weight is 348 g/mol. The van der Waals surface area contributed by atoms with E-state index in [1.807, 2.05) is 0 Å². The zero-order valence-corrected chi connectivity index (χ0v) is 13.7. The van der Waals surface area contributed by atoms with E-state index in [2.05, 4.69) is 4.72 Å². The lowest BCUT2D eigenvalue weighted by Gasteiger charge is -2.20. The summed E-state index contributed by atoms with van der Waals surface area (Å²) in [6.45, 7) is 2.43. The van der Waals surface area contributed by atoms with Crippen LogP contribution in [0.2, 0.25) is 0 Å². The standard InChI is InChI=1S/C16H16N2O5S/c1-10-8-13-14(23-7-6-22-13)9-15(10)24(20,21)18-12-5-3-2-4-11(12)16(17)19/h2-5,8-9,18H,6-7H2,1H3,(H2,17,19). The Kier molecular flexibility index (Phi) is 4.06. The van der Waals surface area contributed by atoms with Crippen LogP contribution in [0.5, 0.6) is 11.5 Å². The molecule has 0 fully saturated rings. The van der Waals surface area contributed by atoms with Crippen LogP contribution in [0.1, 0.15) is 15.9 Å². The molecule has 8 heteroatoms. The largest absolute Gasteiger partial charge is 0.486 e. The zero-order valence-electron chi connectivity index (χ0n) is 12.9. The van der Waals surface area contributed by atoms with Gasteiger partial charge in [-0.25, -0.2) is 8.42 Å². The number of nitrogens with two attached hydrogens (primary N) is 1. The summed E-state index contributed by atoms with van der Waals surface area (Å²) >= 11 is 0. The summed E-state index contributed by atoms with van der Waals surface area (Å²) in [7, 11) is -3.93. The van der Waals surface area contributed by atoms with Crippen LogP contribution in [-0.4, -0.2) is 27.5 Å². The second kappa shape index (κ2) is 6.04. The summed E-state index contributed by atoms with van der Waals surface area (Å²) in [6, 6.07) is 9.18. The first kappa shape index (κ1) is 16.1. The molecule has 1 amide bonds. The van der Waals surface area contributed by atoms with E-state index in [-0.39, 0.29) is 16.1 Å². The van der Waals surface area contributed by atoms with Gasteiger partial charge in [0.15, 0.2) is 11.5 Å². The van der Waals surface area contributed by atoms with E-state index < -0.39 is 15.9 Å². The molecule has 24 heavy (non-hydrogen) atoms. The number of hydrogen-bond donors (Lipinski definition) is 2. The number of anilines is 1. The highest BCUT2D eigenvalue weighted by molar-refractivity contribution is 7.92. The van der Waals surface area contributed by atoms with Crippen molar-refractivity contribution in [3.8, 4) is 11.5 Å². The van der Waals surface area contributed by atoms with Gasteiger partial charge in [-0.1, -0.05) is 12.1 Å². The first-order valence-electron chi connectivity index (χ1n) is 7.20. The number of amides is 1. The number of sulfonamides is 1. The van der Waals surface area contributed by atoms with E-state index >= 15 is 0 Å². The van der Waals surface area contributed by atoms with Gasteiger partial charge in [0, 0.05) is 6.07 Å². The van der Waals surface area contributed by atoms with Crippen molar-refractivity contribution >= 4 is 21.6 Å². The topological polar surface area (TPSA) is 108 Å². The molecule has 2 aromatic rings. The van der Waals surface area contributed by atoms with Gasteiger partial charge in [0.05, 0.1) is 16.1 Å². The fraction of sp³-hybridized carbons (Fsp3) is 0.188. The second-order valence-electron chi connectivity index (χ2n) is 5.28. The molecule has 1 aliphatic heterocycles. The quantitative estimate of drug-likeness (QED) is 0.874. The molecule has 1 aliphatic rings. The number of carbonyl (C=O) groups excluding carboxylic acids is 1. The number of para-hydroxylation sites is 1. The molecule has 0 radical (unpaired) electrons. The van der Waals surface area contributed by atoms with Gasteiger partial charge in [0.25, 0.3) is 15.9 Å².